The molecule has 0 radical (unpaired) electrons. The van der Waals surface area contributed by atoms with Crippen LogP contribution in [0, 0.1) is 0 Å². The molecule has 2 N–H and O–H groups in total. The topological polar surface area (TPSA) is 91.1 Å². The van der Waals surface area contributed by atoms with Gasteiger partial charge >= 0.3 is 11.9 Å². The van der Waals surface area contributed by atoms with Crippen molar-refractivity contribution < 1.29 is 28.8 Å². The first-order valence-electron chi connectivity index (χ1n) is 9.51. The van der Waals surface area contributed by atoms with Crippen LogP contribution in [0.25, 0.3) is 0 Å². The Morgan fingerprint density at radius 1 is 1.17 bits per heavy atom. The van der Waals surface area contributed by atoms with Crippen LogP contribution in [0.3, 0.4) is 0 Å². The van der Waals surface area contributed by atoms with Crippen LogP contribution in [0.4, 0.5) is 5.69 Å². The second kappa shape index (κ2) is 8.91. The summed E-state index contributed by atoms with van der Waals surface area (Å²) in [6.45, 7) is 1.16. The zero-order chi connectivity index (χ0) is 21.0. The molecule has 1 saturated heterocycles. The zero-order valence-corrected chi connectivity index (χ0v) is 16.9. The van der Waals surface area contributed by atoms with Crippen molar-refractivity contribution in [1.29, 1.82) is 0 Å². The van der Waals surface area contributed by atoms with E-state index < -0.39 is 11.9 Å². The number of rotatable bonds is 6. The Morgan fingerprint density at radius 3 is 2.59 bits per heavy atom. The molecule has 2 heterocycles. The molecule has 154 valence electrons. The molecule has 1 aliphatic heterocycles. The molecule has 1 aliphatic rings. The fourth-order valence-electron chi connectivity index (χ4n) is 3.90. The zero-order valence-electron chi connectivity index (χ0n) is 16.9. The van der Waals surface area contributed by atoms with Crippen LogP contribution < -0.4 is 10.2 Å². The highest BCUT2D eigenvalue weighted by molar-refractivity contribution is 6.03. The summed E-state index contributed by atoms with van der Waals surface area (Å²) in [6.07, 6.45) is 4.07. The first kappa shape index (κ1) is 20.6. The predicted molar refractivity (Wildman–Crippen MR) is 106 cm³/mol. The Morgan fingerprint density at radius 2 is 1.93 bits per heavy atom. The average Bonchev–Trinajstić information content (AvgIpc) is 3.34. The normalized spacial score (nSPS) is 18.3. The van der Waals surface area contributed by atoms with Crippen molar-refractivity contribution >= 4 is 23.5 Å². The number of carbonyl (C=O) groups excluding carboxylic acids is 3. The van der Waals surface area contributed by atoms with Crippen molar-refractivity contribution in [2.45, 2.75) is 18.9 Å². The molecule has 1 amide bonds. The number of anilines is 1. The van der Waals surface area contributed by atoms with Crippen molar-refractivity contribution in [2.24, 2.45) is 7.05 Å². The van der Waals surface area contributed by atoms with Gasteiger partial charge < -0.3 is 24.3 Å². The molecule has 29 heavy (non-hydrogen) atoms. The molecule has 1 aromatic heterocycles. The molecule has 8 heteroatoms. The van der Waals surface area contributed by atoms with Gasteiger partial charge in [0.2, 0.25) is 0 Å². The molecule has 1 aromatic carbocycles. The molecule has 0 aliphatic carbocycles. The molecule has 0 bridgehead atoms. The summed E-state index contributed by atoms with van der Waals surface area (Å²) in [5, 5.41) is 2.78. The van der Waals surface area contributed by atoms with E-state index in [2.05, 4.69) is 16.0 Å². The number of aryl methyl sites for hydroxylation is 1. The minimum Gasteiger partial charge on any atom is -0.465 e. The summed E-state index contributed by atoms with van der Waals surface area (Å²) >= 11 is 0. The minimum absolute atomic E-state index is 0.184. The molecule has 2 aromatic rings. The summed E-state index contributed by atoms with van der Waals surface area (Å²) in [6, 6.07) is 8.69. The van der Waals surface area contributed by atoms with Crippen molar-refractivity contribution in [3.63, 3.8) is 0 Å². The van der Waals surface area contributed by atoms with Gasteiger partial charge in [-0.3, -0.25) is 4.79 Å². The number of benzene rings is 1. The third kappa shape index (κ3) is 4.48. The summed E-state index contributed by atoms with van der Waals surface area (Å²) in [5.74, 6) is -1.37. The highest BCUT2D eigenvalue weighted by atomic mass is 16.5. The van der Waals surface area contributed by atoms with E-state index >= 15 is 0 Å². The quantitative estimate of drug-likeness (QED) is 0.705. The van der Waals surface area contributed by atoms with Gasteiger partial charge in [-0.2, -0.15) is 0 Å². The molecule has 1 fully saturated rings. The number of quaternary nitrogens is 1. The maximum absolute atomic E-state index is 12.8. The lowest BCUT2D eigenvalue weighted by Crippen LogP contribution is -3.11. The molecular weight excluding hydrogens is 374 g/mol. The van der Waals surface area contributed by atoms with Crippen LogP contribution >= 0.6 is 0 Å². The van der Waals surface area contributed by atoms with Crippen LogP contribution in [0.5, 0.6) is 0 Å². The van der Waals surface area contributed by atoms with Crippen molar-refractivity contribution in [1.82, 2.24) is 4.57 Å². The number of nitrogens with zero attached hydrogens (tertiary/aromatic N) is 1. The monoisotopic (exact) mass is 400 g/mol. The molecule has 1 unspecified atom stereocenters. The molecule has 0 saturated carbocycles. The molecular formula is C21H26N3O5+. The van der Waals surface area contributed by atoms with Crippen LogP contribution in [0.2, 0.25) is 0 Å². The molecule has 0 spiro atoms. The van der Waals surface area contributed by atoms with Gasteiger partial charge in [-0.15, -0.1) is 0 Å². The van der Waals surface area contributed by atoms with Gasteiger partial charge in [-0.1, -0.05) is 0 Å². The summed E-state index contributed by atoms with van der Waals surface area (Å²) in [4.78, 5) is 37.8. The highest BCUT2D eigenvalue weighted by Crippen LogP contribution is 2.21. The Kier molecular flexibility index (Phi) is 6.33. The molecule has 3 rings (SSSR count). The molecule has 2 atom stereocenters. The van der Waals surface area contributed by atoms with Crippen molar-refractivity contribution in [3.8, 4) is 0 Å². The van der Waals surface area contributed by atoms with E-state index in [1.807, 2.05) is 19.3 Å². The summed E-state index contributed by atoms with van der Waals surface area (Å²) in [5.41, 5.74) is 1.86. The second-order valence-electron chi connectivity index (χ2n) is 7.12. The van der Waals surface area contributed by atoms with Crippen LogP contribution in [-0.2, 0) is 21.3 Å². The average molecular weight is 400 g/mol. The first-order valence-corrected chi connectivity index (χ1v) is 9.51. The second-order valence-corrected chi connectivity index (χ2v) is 7.12. The first-order chi connectivity index (χ1) is 13.9. The lowest BCUT2D eigenvalue weighted by Gasteiger charge is -2.22. The van der Waals surface area contributed by atoms with Crippen LogP contribution in [-0.4, -0.2) is 49.7 Å². The number of nitrogens with one attached hydrogen (secondary N) is 2. The van der Waals surface area contributed by atoms with Gasteiger partial charge in [0.15, 0.2) is 6.54 Å². The fraction of sp³-hybridized carbons (Fsp3) is 0.381. The van der Waals surface area contributed by atoms with E-state index in [9.17, 15) is 14.4 Å². The number of aromatic nitrogens is 1. The maximum Gasteiger partial charge on any atom is 0.339 e. The van der Waals surface area contributed by atoms with Gasteiger partial charge in [0.1, 0.15) is 6.04 Å². The van der Waals surface area contributed by atoms with E-state index in [4.69, 9.17) is 9.47 Å². The Labute approximate surface area is 169 Å². The van der Waals surface area contributed by atoms with Gasteiger partial charge in [-0.25, -0.2) is 9.59 Å². The molecule has 8 nitrogen and oxygen atoms in total. The van der Waals surface area contributed by atoms with Gasteiger partial charge in [0, 0.05) is 26.1 Å². The Balaban J connectivity index is 1.78. The largest absolute Gasteiger partial charge is 0.465 e. The number of amides is 1. The van der Waals surface area contributed by atoms with Gasteiger partial charge in [-0.05, 0) is 30.3 Å². The smallest absolute Gasteiger partial charge is 0.339 e. The Bertz CT molecular complexity index is 921. The number of likely N-dealkylation sites (tertiary alicyclic amines) is 1. The van der Waals surface area contributed by atoms with Crippen molar-refractivity contribution in [2.75, 3.05) is 32.6 Å². The number of hydrogen-bond acceptors (Lipinski definition) is 5. The van der Waals surface area contributed by atoms with Crippen molar-refractivity contribution in [3.05, 3.63) is 53.3 Å². The predicted octanol–water partition coefficient (Wildman–Crippen LogP) is 0.957. The number of ether oxygens (including phenoxy) is 2. The summed E-state index contributed by atoms with van der Waals surface area (Å²) in [7, 11) is 4.54. The van der Waals surface area contributed by atoms with Gasteiger partial charge in [0.25, 0.3) is 5.91 Å². The Hall–Kier alpha value is -3.13. The third-order valence-electron chi connectivity index (χ3n) is 5.33. The number of carbonyl (C=O) groups is 3. The van der Waals surface area contributed by atoms with E-state index in [1.54, 1.807) is 0 Å². The number of hydrogen-bond donors (Lipinski definition) is 2. The highest BCUT2D eigenvalue weighted by Gasteiger charge is 2.33. The minimum atomic E-state index is -0.591. The van der Waals surface area contributed by atoms with E-state index in [0.717, 1.165) is 19.4 Å². The van der Waals surface area contributed by atoms with E-state index in [1.165, 1.54) is 43.0 Å². The van der Waals surface area contributed by atoms with Crippen LogP contribution in [0.1, 0.15) is 45.3 Å². The van der Waals surface area contributed by atoms with Gasteiger partial charge in [0.05, 0.1) is 43.3 Å². The SMILES string of the molecule is COC(=O)c1ccc(C(=O)OC)c(NC(=O)C[NH+]2CCC[C@@H]2c2cccn2C)c1. The standard InChI is InChI=1S/C21H25N3O5/c1-23-10-4-6-17(23)18-7-5-11-24(18)13-19(25)22-16-12-14(20(26)28-2)8-9-15(16)21(27)29-3/h4,6,8-10,12,18H,5,7,11,13H2,1-3H3,(H,22,25)/p+1/t18-/m1/s1. The maximum atomic E-state index is 12.8. The number of esters is 2. The lowest BCUT2D eigenvalue weighted by atomic mass is 10.1. The van der Waals surface area contributed by atoms with Crippen LogP contribution in [0.15, 0.2) is 36.5 Å². The number of methoxy groups -OCH3 is 2. The summed E-state index contributed by atoms with van der Waals surface area (Å²) < 4.78 is 11.6. The van der Waals surface area contributed by atoms with E-state index in [0.29, 0.717) is 0 Å². The lowest BCUT2D eigenvalue weighted by molar-refractivity contribution is -0.910. The third-order valence-corrected chi connectivity index (χ3v) is 5.33. The van der Waals surface area contributed by atoms with E-state index in [-0.39, 0.29) is 35.3 Å². The fourth-order valence-corrected chi connectivity index (χ4v) is 3.90.